The lowest BCUT2D eigenvalue weighted by atomic mass is 9.85. The molecule has 2 unspecified atom stereocenters. The molecule has 0 N–H and O–H groups in total. The maximum atomic E-state index is 11.5. The van der Waals surface area contributed by atoms with E-state index in [4.69, 9.17) is 14.2 Å². The maximum Gasteiger partial charge on any atom is 0.341 e. The normalized spacial score (nSPS) is 35.9. The van der Waals surface area contributed by atoms with Crippen LogP contribution in [0.15, 0.2) is 0 Å². The molecule has 1 aliphatic heterocycles. The molecule has 1 rings (SSSR count). The van der Waals surface area contributed by atoms with Crippen LogP contribution in [0.25, 0.3) is 0 Å². The minimum absolute atomic E-state index is 0.214. The van der Waals surface area contributed by atoms with E-state index in [1.165, 1.54) is 7.11 Å². The molecular weight excluding hydrogens is 184 g/mol. The Balaban J connectivity index is 2.82. The number of hydrogen-bond acceptors (Lipinski definition) is 4. The third-order valence-corrected chi connectivity index (χ3v) is 3.02. The van der Waals surface area contributed by atoms with Crippen molar-refractivity contribution in [2.45, 2.75) is 32.0 Å². The van der Waals surface area contributed by atoms with Gasteiger partial charge in [-0.25, -0.2) is 4.79 Å². The number of hydrogen-bond donors (Lipinski definition) is 0. The Bertz CT molecular complexity index is 238. The van der Waals surface area contributed by atoms with Crippen molar-refractivity contribution in [3.05, 3.63) is 0 Å². The van der Waals surface area contributed by atoms with Gasteiger partial charge in [0.1, 0.15) is 5.60 Å². The van der Waals surface area contributed by atoms with Crippen LogP contribution in [-0.4, -0.2) is 38.0 Å². The molecular formula is C10H18O4. The predicted octanol–water partition coefficient (Wildman–Crippen LogP) is 0.990. The van der Waals surface area contributed by atoms with Crippen LogP contribution >= 0.6 is 0 Å². The SMILES string of the molecule is COCC1(C(C)C)OC1(C)C(=O)OC. The summed E-state index contributed by atoms with van der Waals surface area (Å²) in [7, 11) is 2.97. The van der Waals surface area contributed by atoms with Gasteiger partial charge in [-0.2, -0.15) is 0 Å². The Morgan fingerprint density at radius 2 is 2.00 bits per heavy atom. The van der Waals surface area contributed by atoms with Gasteiger partial charge in [0.15, 0.2) is 5.60 Å². The molecule has 1 heterocycles. The van der Waals surface area contributed by atoms with Crippen molar-refractivity contribution < 1.29 is 19.0 Å². The van der Waals surface area contributed by atoms with Crippen molar-refractivity contribution in [2.75, 3.05) is 20.8 Å². The summed E-state index contributed by atoms with van der Waals surface area (Å²) in [6.07, 6.45) is 0. The second kappa shape index (κ2) is 3.51. The highest BCUT2D eigenvalue weighted by Gasteiger charge is 2.73. The van der Waals surface area contributed by atoms with Gasteiger partial charge in [0.05, 0.1) is 13.7 Å². The average molecular weight is 202 g/mol. The van der Waals surface area contributed by atoms with Crippen LogP contribution in [0.2, 0.25) is 0 Å². The second-order valence-corrected chi connectivity index (χ2v) is 4.10. The summed E-state index contributed by atoms with van der Waals surface area (Å²) < 4.78 is 15.3. The first kappa shape index (κ1) is 11.5. The number of carbonyl (C=O) groups is 1. The van der Waals surface area contributed by atoms with E-state index in [1.54, 1.807) is 14.0 Å². The molecule has 0 aromatic carbocycles. The molecule has 0 spiro atoms. The quantitative estimate of drug-likeness (QED) is 0.504. The lowest BCUT2D eigenvalue weighted by molar-refractivity contribution is -0.146. The van der Waals surface area contributed by atoms with Crippen molar-refractivity contribution in [3.8, 4) is 0 Å². The molecule has 4 nitrogen and oxygen atoms in total. The summed E-state index contributed by atoms with van der Waals surface area (Å²) in [6.45, 7) is 6.18. The standard InChI is InChI=1S/C10H18O4/c1-7(2)10(6-12-4)9(3,14-10)8(11)13-5/h7H,6H2,1-5H3. The lowest BCUT2D eigenvalue weighted by Crippen LogP contribution is -2.39. The summed E-state index contributed by atoms with van der Waals surface area (Å²) in [5.74, 6) is -0.116. The van der Waals surface area contributed by atoms with Crippen LogP contribution in [0.4, 0.5) is 0 Å². The molecule has 0 aliphatic carbocycles. The van der Waals surface area contributed by atoms with Gasteiger partial charge >= 0.3 is 5.97 Å². The minimum Gasteiger partial charge on any atom is -0.467 e. The predicted molar refractivity (Wildman–Crippen MR) is 51.0 cm³/mol. The van der Waals surface area contributed by atoms with Gasteiger partial charge in [0.2, 0.25) is 0 Å². The summed E-state index contributed by atoms with van der Waals surface area (Å²) in [5.41, 5.74) is -1.36. The molecule has 0 amide bonds. The zero-order valence-corrected chi connectivity index (χ0v) is 9.42. The zero-order chi connectivity index (χ0) is 11.0. The number of rotatable bonds is 4. The Kier molecular flexibility index (Phi) is 2.88. The van der Waals surface area contributed by atoms with Gasteiger partial charge in [0.25, 0.3) is 0 Å². The number of epoxide rings is 1. The maximum absolute atomic E-state index is 11.5. The Morgan fingerprint density at radius 1 is 1.43 bits per heavy atom. The molecule has 14 heavy (non-hydrogen) atoms. The largest absolute Gasteiger partial charge is 0.467 e. The molecule has 0 bridgehead atoms. The van der Waals surface area contributed by atoms with Crippen LogP contribution in [0, 0.1) is 5.92 Å². The molecule has 1 saturated heterocycles. The average Bonchev–Trinajstić information content (AvgIpc) is 2.74. The summed E-state index contributed by atoms with van der Waals surface area (Å²) in [6, 6.07) is 0. The number of methoxy groups -OCH3 is 2. The lowest BCUT2D eigenvalue weighted by Gasteiger charge is -2.18. The highest BCUT2D eigenvalue weighted by atomic mass is 16.7. The van der Waals surface area contributed by atoms with E-state index in [0.29, 0.717) is 6.61 Å². The van der Waals surface area contributed by atoms with E-state index in [-0.39, 0.29) is 11.9 Å². The first-order valence-electron chi connectivity index (χ1n) is 4.72. The summed E-state index contributed by atoms with van der Waals surface area (Å²) in [4.78, 5) is 11.5. The van der Waals surface area contributed by atoms with Gasteiger partial charge in [0, 0.05) is 7.11 Å². The van der Waals surface area contributed by atoms with Crippen LogP contribution in [0.3, 0.4) is 0 Å². The monoisotopic (exact) mass is 202 g/mol. The number of esters is 1. The summed E-state index contributed by atoms with van der Waals surface area (Å²) in [5, 5.41) is 0. The van der Waals surface area contributed by atoms with E-state index in [1.807, 2.05) is 13.8 Å². The minimum atomic E-state index is -0.841. The van der Waals surface area contributed by atoms with E-state index in [2.05, 4.69) is 0 Å². The van der Waals surface area contributed by atoms with Crippen LogP contribution < -0.4 is 0 Å². The van der Waals surface area contributed by atoms with E-state index >= 15 is 0 Å². The molecule has 0 radical (unpaired) electrons. The molecule has 1 fully saturated rings. The molecule has 0 aromatic rings. The number of carbonyl (C=O) groups excluding carboxylic acids is 1. The van der Waals surface area contributed by atoms with Crippen LogP contribution in [0.5, 0.6) is 0 Å². The first-order valence-corrected chi connectivity index (χ1v) is 4.72. The van der Waals surface area contributed by atoms with Crippen LogP contribution in [0.1, 0.15) is 20.8 Å². The van der Waals surface area contributed by atoms with Crippen LogP contribution in [-0.2, 0) is 19.0 Å². The Labute approximate surface area is 84.5 Å². The van der Waals surface area contributed by atoms with E-state index < -0.39 is 11.2 Å². The van der Waals surface area contributed by atoms with Crippen molar-refractivity contribution in [1.29, 1.82) is 0 Å². The highest BCUT2D eigenvalue weighted by molar-refractivity contribution is 5.84. The van der Waals surface area contributed by atoms with Gasteiger partial charge in [-0.3, -0.25) is 0 Å². The molecule has 4 heteroatoms. The van der Waals surface area contributed by atoms with Gasteiger partial charge in [-0.05, 0) is 12.8 Å². The number of ether oxygens (including phenoxy) is 3. The topological polar surface area (TPSA) is 48.1 Å². The molecule has 82 valence electrons. The fourth-order valence-electron chi connectivity index (χ4n) is 1.96. The second-order valence-electron chi connectivity index (χ2n) is 4.10. The molecule has 1 aliphatic rings. The highest BCUT2D eigenvalue weighted by Crippen LogP contribution is 2.53. The third-order valence-electron chi connectivity index (χ3n) is 3.02. The van der Waals surface area contributed by atoms with Gasteiger partial charge < -0.3 is 14.2 Å². The van der Waals surface area contributed by atoms with Crippen molar-refractivity contribution >= 4 is 5.97 Å². The zero-order valence-electron chi connectivity index (χ0n) is 9.42. The van der Waals surface area contributed by atoms with E-state index in [0.717, 1.165) is 0 Å². The molecule has 0 aromatic heterocycles. The van der Waals surface area contributed by atoms with Gasteiger partial charge in [-0.1, -0.05) is 13.8 Å². The fourth-order valence-corrected chi connectivity index (χ4v) is 1.96. The Hall–Kier alpha value is -0.610. The molecule has 2 atom stereocenters. The molecule has 0 saturated carbocycles. The summed E-state index contributed by atoms with van der Waals surface area (Å²) >= 11 is 0. The Morgan fingerprint density at radius 3 is 2.36 bits per heavy atom. The van der Waals surface area contributed by atoms with Crippen molar-refractivity contribution in [2.24, 2.45) is 5.92 Å². The van der Waals surface area contributed by atoms with E-state index in [9.17, 15) is 4.79 Å². The van der Waals surface area contributed by atoms with Crippen molar-refractivity contribution in [1.82, 2.24) is 0 Å². The third kappa shape index (κ3) is 1.33. The smallest absolute Gasteiger partial charge is 0.341 e. The first-order chi connectivity index (χ1) is 6.44. The van der Waals surface area contributed by atoms with Gasteiger partial charge in [-0.15, -0.1) is 0 Å². The van der Waals surface area contributed by atoms with Crippen molar-refractivity contribution in [3.63, 3.8) is 0 Å². The fraction of sp³-hybridized carbons (Fsp3) is 0.900.